The number of tetrazole rings is 1. The Balaban J connectivity index is 2.23. The molecule has 6 nitrogen and oxygen atoms in total. The summed E-state index contributed by atoms with van der Waals surface area (Å²) in [6.07, 6.45) is 0. The molecule has 1 aromatic rings. The number of hydrogen-bond acceptors (Lipinski definition) is 5. The summed E-state index contributed by atoms with van der Waals surface area (Å²) in [5.41, 5.74) is -0.0861. The summed E-state index contributed by atoms with van der Waals surface area (Å²) < 4.78 is 1.99. The van der Waals surface area contributed by atoms with Gasteiger partial charge in [0.25, 0.3) is 0 Å². The van der Waals surface area contributed by atoms with Gasteiger partial charge < -0.3 is 4.90 Å². The Morgan fingerprint density at radius 2 is 1.71 bits per heavy atom. The fourth-order valence-corrected chi connectivity index (χ4v) is 3.10. The van der Waals surface area contributed by atoms with E-state index in [2.05, 4.69) is 66.9 Å². The molecule has 6 heteroatoms. The molecule has 1 aromatic heterocycles. The Morgan fingerprint density at radius 1 is 1.10 bits per heavy atom. The molecular formula is C15H30N6. The van der Waals surface area contributed by atoms with Crippen LogP contribution in [0.3, 0.4) is 0 Å². The normalized spacial score (nSPS) is 20.1. The number of rotatable bonds is 4. The number of likely N-dealkylation sites (N-methyl/N-ethyl adjacent to an activating group) is 1. The lowest BCUT2D eigenvalue weighted by atomic mass is 9.99. The highest BCUT2D eigenvalue weighted by atomic mass is 15.6. The lowest BCUT2D eigenvalue weighted by Crippen LogP contribution is -2.49. The van der Waals surface area contributed by atoms with Crippen molar-refractivity contribution in [1.82, 2.24) is 30.0 Å². The van der Waals surface area contributed by atoms with E-state index in [-0.39, 0.29) is 5.54 Å². The van der Waals surface area contributed by atoms with Gasteiger partial charge in [0.2, 0.25) is 0 Å². The predicted molar refractivity (Wildman–Crippen MR) is 84.1 cm³/mol. The average Bonchev–Trinajstić information content (AvgIpc) is 2.88. The standard InChI is InChI=1S/C15H30N6/c1-7-19-8-10-20(11-9-19)13(12(2)3)14-16-17-18-21(14)15(4,5)6/h12-13H,7-11H2,1-6H3. The number of aromatic nitrogens is 4. The number of hydrogen-bond donors (Lipinski definition) is 0. The fraction of sp³-hybridized carbons (Fsp3) is 0.933. The van der Waals surface area contributed by atoms with Crippen LogP contribution in [0.2, 0.25) is 0 Å². The van der Waals surface area contributed by atoms with Crippen LogP contribution in [0.1, 0.15) is 53.4 Å². The lowest BCUT2D eigenvalue weighted by Gasteiger charge is -2.40. The molecule has 1 saturated heterocycles. The van der Waals surface area contributed by atoms with Crippen molar-refractivity contribution in [1.29, 1.82) is 0 Å². The maximum absolute atomic E-state index is 4.37. The lowest BCUT2D eigenvalue weighted by molar-refractivity contribution is 0.0694. The molecule has 21 heavy (non-hydrogen) atoms. The molecule has 0 aromatic carbocycles. The summed E-state index contributed by atoms with van der Waals surface area (Å²) in [4.78, 5) is 5.05. The largest absolute Gasteiger partial charge is 0.301 e. The van der Waals surface area contributed by atoms with E-state index in [4.69, 9.17) is 0 Å². The summed E-state index contributed by atoms with van der Waals surface area (Å²) in [5.74, 6) is 1.49. The van der Waals surface area contributed by atoms with E-state index >= 15 is 0 Å². The van der Waals surface area contributed by atoms with E-state index in [1.807, 2.05) is 4.68 Å². The maximum Gasteiger partial charge on any atom is 0.169 e. The van der Waals surface area contributed by atoms with Crippen molar-refractivity contribution in [3.8, 4) is 0 Å². The van der Waals surface area contributed by atoms with Gasteiger partial charge in [0.15, 0.2) is 5.82 Å². The molecule has 2 heterocycles. The molecule has 1 unspecified atom stereocenters. The predicted octanol–water partition coefficient (Wildman–Crippen LogP) is 1.76. The minimum atomic E-state index is -0.0861. The smallest absolute Gasteiger partial charge is 0.169 e. The van der Waals surface area contributed by atoms with Gasteiger partial charge in [0, 0.05) is 26.2 Å². The van der Waals surface area contributed by atoms with E-state index < -0.39 is 0 Å². The first kappa shape index (κ1) is 16.4. The number of nitrogens with zero attached hydrogens (tertiary/aromatic N) is 6. The van der Waals surface area contributed by atoms with E-state index in [9.17, 15) is 0 Å². The molecule has 1 atom stereocenters. The molecule has 0 amide bonds. The molecule has 0 spiro atoms. The van der Waals surface area contributed by atoms with Gasteiger partial charge in [0.1, 0.15) is 0 Å². The molecule has 0 N–H and O–H groups in total. The van der Waals surface area contributed by atoms with Crippen LogP contribution >= 0.6 is 0 Å². The van der Waals surface area contributed by atoms with Crippen molar-refractivity contribution in [2.75, 3.05) is 32.7 Å². The molecule has 1 aliphatic heterocycles. The molecule has 2 rings (SSSR count). The van der Waals surface area contributed by atoms with Crippen LogP contribution in [0.15, 0.2) is 0 Å². The third-order valence-electron chi connectivity index (χ3n) is 4.27. The zero-order chi connectivity index (χ0) is 15.6. The second-order valence-electron chi connectivity index (χ2n) is 7.28. The van der Waals surface area contributed by atoms with Crippen LogP contribution in [0.4, 0.5) is 0 Å². The van der Waals surface area contributed by atoms with Gasteiger partial charge in [-0.1, -0.05) is 20.8 Å². The summed E-state index contributed by atoms with van der Waals surface area (Å²) in [7, 11) is 0. The monoisotopic (exact) mass is 294 g/mol. The van der Waals surface area contributed by atoms with Crippen LogP contribution in [-0.2, 0) is 5.54 Å². The van der Waals surface area contributed by atoms with Crippen LogP contribution in [0, 0.1) is 5.92 Å². The topological polar surface area (TPSA) is 50.1 Å². The van der Waals surface area contributed by atoms with Crippen molar-refractivity contribution in [2.24, 2.45) is 5.92 Å². The SMILES string of the molecule is CCN1CCN(C(c2nnnn2C(C)(C)C)C(C)C)CC1. The quantitative estimate of drug-likeness (QED) is 0.847. The van der Waals surface area contributed by atoms with E-state index in [1.54, 1.807) is 0 Å². The van der Waals surface area contributed by atoms with Crippen molar-refractivity contribution >= 4 is 0 Å². The van der Waals surface area contributed by atoms with E-state index in [0.29, 0.717) is 12.0 Å². The first-order valence-corrected chi connectivity index (χ1v) is 8.09. The van der Waals surface area contributed by atoms with Crippen LogP contribution in [-0.4, -0.2) is 62.7 Å². The molecule has 1 fully saturated rings. The molecular weight excluding hydrogens is 264 g/mol. The summed E-state index contributed by atoms with van der Waals surface area (Å²) in [6, 6.07) is 0.290. The van der Waals surface area contributed by atoms with Crippen molar-refractivity contribution < 1.29 is 0 Å². The van der Waals surface area contributed by atoms with E-state index in [1.165, 1.54) is 0 Å². The third-order valence-corrected chi connectivity index (χ3v) is 4.27. The molecule has 120 valence electrons. The Hall–Kier alpha value is -1.01. The molecule has 0 radical (unpaired) electrons. The van der Waals surface area contributed by atoms with Crippen molar-refractivity contribution in [3.63, 3.8) is 0 Å². The van der Waals surface area contributed by atoms with Gasteiger partial charge in [-0.2, -0.15) is 0 Å². The highest BCUT2D eigenvalue weighted by Crippen LogP contribution is 2.30. The minimum Gasteiger partial charge on any atom is -0.301 e. The Morgan fingerprint density at radius 3 is 2.19 bits per heavy atom. The van der Waals surface area contributed by atoms with Gasteiger partial charge in [0.05, 0.1) is 11.6 Å². The van der Waals surface area contributed by atoms with E-state index in [0.717, 1.165) is 38.5 Å². The highest BCUT2D eigenvalue weighted by Gasteiger charge is 2.33. The van der Waals surface area contributed by atoms with Gasteiger partial charge >= 0.3 is 0 Å². The second kappa shape index (κ2) is 6.40. The van der Waals surface area contributed by atoms with Gasteiger partial charge in [-0.3, -0.25) is 4.90 Å². The first-order chi connectivity index (χ1) is 9.84. The fourth-order valence-electron chi connectivity index (χ4n) is 3.10. The third kappa shape index (κ3) is 3.61. The second-order valence-corrected chi connectivity index (χ2v) is 7.28. The maximum atomic E-state index is 4.37. The molecule has 0 bridgehead atoms. The first-order valence-electron chi connectivity index (χ1n) is 8.09. The minimum absolute atomic E-state index is 0.0861. The summed E-state index contributed by atoms with van der Waals surface area (Å²) >= 11 is 0. The van der Waals surface area contributed by atoms with Gasteiger partial charge in [-0.25, -0.2) is 4.68 Å². The van der Waals surface area contributed by atoms with Crippen LogP contribution < -0.4 is 0 Å². The molecule has 0 aliphatic carbocycles. The highest BCUT2D eigenvalue weighted by molar-refractivity contribution is 4.99. The van der Waals surface area contributed by atoms with Gasteiger partial charge in [-0.15, -0.1) is 5.10 Å². The zero-order valence-electron chi connectivity index (χ0n) is 14.4. The molecule has 1 aliphatic rings. The Kier molecular flexibility index (Phi) is 4.99. The summed E-state index contributed by atoms with van der Waals surface area (Å²) in [6.45, 7) is 18.8. The average molecular weight is 294 g/mol. The van der Waals surface area contributed by atoms with Crippen LogP contribution in [0.25, 0.3) is 0 Å². The Bertz CT molecular complexity index is 439. The zero-order valence-corrected chi connectivity index (χ0v) is 14.4. The summed E-state index contributed by atoms with van der Waals surface area (Å²) in [5, 5.41) is 12.5. The van der Waals surface area contributed by atoms with Crippen LogP contribution in [0.5, 0.6) is 0 Å². The van der Waals surface area contributed by atoms with Crippen molar-refractivity contribution in [2.45, 2.75) is 53.1 Å². The van der Waals surface area contributed by atoms with Gasteiger partial charge in [-0.05, 0) is 43.7 Å². The molecule has 0 saturated carbocycles. The number of piperazine rings is 1. The Labute approximate surface area is 128 Å². The van der Waals surface area contributed by atoms with Crippen molar-refractivity contribution in [3.05, 3.63) is 5.82 Å².